The van der Waals surface area contributed by atoms with E-state index < -0.39 is 0 Å². The lowest BCUT2D eigenvalue weighted by molar-refractivity contribution is 0.311. The van der Waals surface area contributed by atoms with Gasteiger partial charge in [-0.3, -0.25) is 0 Å². The molecule has 32 heavy (non-hydrogen) atoms. The largest absolute Gasteiger partial charge is 0.338 e. The smallest absolute Gasteiger partial charge is 0.233 e. The predicted molar refractivity (Wildman–Crippen MR) is 127 cm³/mol. The summed E-state index contributed by atoms with van der Waals surface area (Å²) in [4.78, 5) is 23.0. The van der Waals surface area contributed by atoms with E-state index in [0.29, 0.717) is 40.5 Å². The number of piperazine rings is 1. The summed E-state index contributed by atoms with van der Waals surface area (Å²) in [7, 11) is 2.12. The first-order valence-electron chi connectivity index (χ1n) is 10.6. The summed E-state index contributed by atoms with van der Waals surface area (Å²) in [5.74, 6) is 2.41. The molecule has 3 heterocycles. The molecule has 1 aliphatic rings. The Morgan fingerprint density at radius 1 is 0.938 bits per heavy atom. The molecule has 2 aromatic heterocycles. The molecule has 4 rings (SSSR count). The highest BCUT2D eigenvalue weighted by atomic mass is 35.5. The highest BCUT2D eigenvalue weighted by Crippen LogP contribution is 2.28. The molecule has 10 heteroatoms. The first-order valence-corrected chi connectivity index (χ1v) is 11.0. The molecule has 1 saturated heterocycles. The van der Waals surface area contributed by atoms with Crippen molar-refractivity contribution in [2.75, 3.05) is 43.4 Å². The van der Waals surface area contributed by atoms with Gasteiger partial charge in [0.15, 0.2) is 5.82 Å². The van der Waals surface area contributed by atoms with E-state index >= 15 is 0 Å². The summed E-state index contributed by atoms with van der Waals surface area (Å²) >= 11 is 5.95. The molecular formula is C22H26ClN9. The van der Waals surface area contributed by atoms with E-state index in [2.05, 4.69) is 52.3 Å². The zero-order chi connectivity index (χ0) is 22.5. The predicted octanol–water partition coefficient (Wildman–Crippen LogP) is 4.70. The number of benzene rings is 1. The van der Waals surface area contributed by atoms with Crippen LogP contribution in [0.4, 0.5) is 29.1 Å². The van der Waals surface area contributed by atoms with E-state index in [1.807, 2.05) is 38.1 Å². The van der Waals surface area contributed by atoms with Gasteiger partial charge in [0, 0.05) is 43.3 Å². The van der Waals surface area contributed by atoms with Gasteiger partial charge in [0.25, 0.3) is 0 Å². The number of hydrogen-bond donors (Lipinski definition) is 1. The average Bonchev–Trinajstić information content (AvgIpc) is 2.80. The fourth-order valence-corrected chi connectivity index (χ4v) is 3.34. The molecule has 0 bridgehead atoms. The quantitative estimate of drug-likeness (QED) is 0.542. The van der Waals surface area contributed by atoms with Gasteiger partial charge in [-0.2, -0.15) is 20.1 Å². The molecule has 1 aliphatic heterocycles. The van der Waals surface area contributed by atoms with Gasteiger partial charge in [0.2, 0.25) is 11.9 Å². The molecule has 1 aromatic carbocycles. The van der Waals surface area contributed by atoms with Crippen LogP contribution in [0.25, 0.3) is 0 Å². The average molecular weight is 452 g/mol. The molecule has 0 radical (unpaired) electrons. The number of halogens is 1. The molecule has 9 nitrogen and oxygen atoms in total. The summed E-state index contributed by atoms with van der Waals surface area (Å²) in [5.41, 5.74) is 2.14. The maximum Gasteiger partial charge on any atom is 0.233 e. The van der Waals surface area contributed by atoms with Crippen molar-refractivity contribution in [2.24, 2.45) is 10.2 Å². The molecular weight excluding hydrogens is 426 g/mol. The maximum atomic E-state index is 5.95. The van der Waals surface area contributed by atoms with Crippen LogP contribution in [0.5, 0.6) is 0 Å². The molecule has 0 amide bonds. The number of nitrogens with zero attached hydrogens (tertiary/aromatic N) is 8. The monoisotopic (exact) mass is 451 g/mol. The van der Waals surface area contributed by atoms with E-state index in [1.165, 1.54) is 0 Å². The van der Waals surface area contributed by atoms with E-state index in [4.69, 9.17) is 11.6 Å². The third kappa shape index (κ3) is 5.54. The van der Waals surface area contributed by atoms with Crippen molar-refractivity contribution in [3.05, 3.63) is 52.9 Å². The van der Waals surface area contributed by atoms with Crippen LogP contribution in [-0.2, 0) is 6.42 Å². The van der Waals surface area contributed by atoms with Crippen LogP contribution >= 0.6 is 11.6 Å². The van der Waals surface area contributed by atoms with Gasteiger partial charge in [-0.15, -0.1) is 5.11 Å². The molecule has 1 N–H and O–H groups in total. The molecule has 0 saturated carbocycles. The normalized spacial score (nSPS) is 14.8. The van der Waals surface area contributed by atoms with Crippen LogP contribution in [0.2, 0.25) is 5.02 Å². The molecule has 0 spiro atoms. The lowest BCUT2D eigenvalue weighted by Gasteiger charge is -2.32. The van der Waals surface area contributed by atoms with Crippen molar-refractivity contribution in [3.63, 3.8) is 0 Å². The zero-order valence-corrected chi connectivity index (χ0v) is 19.2. The summed E-state index contributed by atoms with van der Waals surface area (Å²) in [6.45, 7) is 7.67. The maximum absolute atomic E-state index is 5.95. The highest BCUT2D eigenvalue weighted by molar-refractivity contribution is 6.30. The van der Waals surface area contributed by atoms with E-state index in [9.17, 15) is 0 Å². The first-order chi connectivity index (χ1) is 15.5. The number of aryl methyl sites for hydroxylation is 2. The topological polar surface area (TPSA) is 94.8 Å². The number of rotatable bonds is 6. The fraction of sp³-hybridized carbons (Fsp3) is 0.364. The minimum absolute atomic E-state index is 0.451. The second kappa shape index (κ2) is 9.97. The lowest BCUT2D eigenvalue weighted by Crippen LogP contribution is -2.45. The van der Waals surface area contributed by atoms with Crippen LogP contribution in [0.1, 0.15) is 18.4 Å². The number of aromatic nitrogens is 4. The first kappa shape index (κ1) is 22.0. The van der Waals surface area contributed by atoms with E-state index in [-0.39, 0.29) is 0 Å². The fourth-order valence-electron chi connectivity index (χ4n) is 3.22. The molecule has 0 aliphatic carbocycles. The van der Waals surface area contributed by atoms with E-state index in [1.54, 1.807) is 12.1 Å². The Kier molecular flexibility index (Phi) is 6.87. The van der Waals surface area contributed by atoms with Crippen LogP contribution in [0.15, 0.2) is 46.6 Å². The minimum Gasteiger partial charge on any atom is -0.338 e. The second-order valence-electron chi connectivity index (χ2n) is 7.64. The number of anilines is 3. The Balaban J connectivity index is 1.61. The third-order valence-electron chi connectivity index (χ3n) is 5.12. The molecule has 3 aromatic rings. The van der Waals surface area contributed by atoms with Gasteiger partial charge in [-0.25, -0.2) is 4.98 Å². The summed E-state index contributed by atoms with van der Waals surface area (Å²) in [6.07, 6.45) is 0.711. The molecule has 1 fully saturated rings. The van der Waals surface area contributed by atoms with Crippen LogP contribution < -0.4 is 10.2 Å². The van der Waals surface area contributed by atoms with Crippen molar-refractivity contribution in [1.29, 1.82) is 0 Å². The summed E-state index contributed by atoms with van der Waals surface area (Å²) in [6, 6.07) is 10.9. The standard InChI is InChI=1S/C22H26ClN9/c1-4-19-25-21(28-22(26-19)32-13-11-31(3)12-14-32)27-20-18(10-5-15(2)24-20)30-29-17-8-6-16(23)7-9-17/h5-10H,4,11-14H2,1-3H3,(H,24,25,26,27,28)/b30-29+. The summed E-state index contributed by atoms with van der Waals surface area (Å²) in [5, 5.41) is 12.6. The highest BCUT2D eigenvalue weighted by Gasteiger charge is 2.19. The van der Waals surface area contributed by atoms with E-state index in [0.717, 1.165) is 37.7 Å². The number of likely N-dealkylation sites (N-methyl/N-ethyl adjacent to an activating group) is 1. The number of azo groups is 1. The van der Waals surface area contributed by atoms with Gasteiger partial charge >= 0.3 is 0 Å². The second-order valence-corrected chi connectivity index (χ2v) is 8.08. The Morgan fingerprint density at radius 2 is 1.69 bits per heavy atom. The number of nitrogens with one attached hydrogen (secondary N) is 1. The SMILES string of the molecule is CCc1nc(Nc2nc(C)ccc2/N=N/c2ccc(Cl)cc2)nc(N2CCN(C)CC2)n1. The Morgan fingerprint density at radius 3 is 2.41 bits per heavy atom. The zero-order valence-electron chi connectivity index (χ0n) is 18.5. The molecule has 0 atom stereocenters. The lowest BCUT2D eigenvalue weighted by atomic mass is 10.3. The third-order valence-corrected chi connectivity index (χ3v) is 5.37. The van der Waals surface area contributed by atoms with Gasteiger partial charge < -0.3 is 15.1 Å². The van der Waals surface area contributed by atoms with Crippen LogP contribution in [-0.4, -0.2) is 58.1 Å². The van der Waals surface area contributed by atoms with Crippen molar-refractivity contribution < 1.29 is 0 Å². The number of hydrogen-bond acceptors (Lipinski definition) is 9. The van der Waals surface area contributed by atoms with Crippen molar-refractivity contribution >= 4 is 40.7 Å². The molecule has 0 unspecified atom stereocenters. The van der Waals surface area contributed by atoms with Gasteiger partial charge in [0.05, 0.1) is 5.69 Å². The van der Waals surface area contributed by atoms with Crippen LogP contribution in [0, 0.1) is 6.92 Å². The Hall–Kier alpha value is -3.17. The molecule has 166 valence electrons. The van der Waals surface area contributed by atoms with Gasteiger partial charge in [-0.05, 0) is 50.4 Å². The summed E-state index contributed by atoms with van der Waals surface area (Å²) < 4.78 is 0. The Bertz CT molecular complexity index is 1090. The van der Waals surface area contributed by atoms with Crippen LogP contribution in [0.3, 0.4) is 0 Å². The number of pyridine rings is 1. The van der Waals surface area contributed by atoms with Crippen molar-refractivity contribution in [2.45, 2.75) is 20.3 Å². The minimum atomic E-state index is 0.451. The van der Waals surface area contributed by atoms with Crippen molar-refractivity contribution in [1.82, 2.24) is 24.8 Å². The van der Waals surface area contributed by atoms with Gasteiger partial charge in [0.1, 0.15) is 11.5 Å². The Labute approximate surface area is 192 Å². The van der Waals surface area contributed by atoms with Crippen molar-refractivity contribution in [3.8, 4) is 0 Å². The van der Waals surface area contributed by atoms with Gasteiger partial charge in [-0.1, -0.05) is 18.5 Å².